The van der Waals surface area contributed by atoms with Crippen molar-refractivity contribution >= 4 is 5.91 Å². The second kappa shape index (κ2) is 6.35. The summed E-state index contributed by atoms with van der Waals surface area (Å²) in [6, 6.07) is 6.04. The van der Waals surface area contributed by atoms with E-state index in [0.717, 1.165) is 5.56 Å². The highest BCUT2D eigenvalue weighted by Gasteiger charge is 2.17. The minimum absolute atomic E-state index is 0.0322. The van der Waals surface area contributed by atoms with Gasteiger partial charge in [0, 0.05) is 7.11 Å². The minimum atomic E-state index is -0.278. The molecule has 1 unspecified atom stereocenters. The second-order valence-corrected chi connectivity index (χ2v) is 4.27. The molecule has 3 nitrogen and oxygen atoms in total. The molecule has 1 aromatic rings. The van der Waals surface area contributed by atoms with Crippen LogP contribution in [0.4, 0.5) is 4.39 Å². The second-order valence-electron chi connectivity index (χ2n) is 4.27. The van der Waals surface area contributed by atoms with Crippen LogP contribution in [0.5, 0.6) is 0 Å². The van der Waals surface area contributed by atoms with Crippen molar-refractivity contribution in [1.29, 1.82) is 0 Å². The van der Waals surface area contributed by atoms with Gasteiger partial charge in [0.05, 0.1) is 6.04 Å². The number of benzene rings is 1. The predicted octanol–water partition coefficient (Wildman–Crippen LogP) is 2.29. The van der Waals surface area contributed by atoms with E-state index in [9.17, 15) is 9.18 Å². The fraction of sp³-hybridized carbons (Fsp3) is 0.462. The zero-order valence-corrected chi connectivity index (χ0v) is 10.4. The number of amides is 1. The zero-order valence-electron chi connectivity index (χ0n) is 10.4. The first-order valence-electron chi connectivity index (χ1n) is 5.58. The third-order valence-electron chi connectivity index (χ3n) is 2.49. The van der Waals surface area contributed by atoms with Crippen LogP contribution >= 0.6 is 0 Å². The molecule has 1 atom stereocenters. The molecule has 1 aromatic carbocycles. The average Bonchev–Trinajstić information content (AvgIpc) is 2.27. The molecule has 0 fully saturated rings. The normalized spacial score (nSPS) is 12.5. The van der Waals surface area contributed by atoms with Crippen LogP contribution in [0.15, 0.2) is 24.3 Å². The number of carbonyl (C=O) groups excluding carboxylic acids is 1. The van der Waals surface area contributed by atoms with Crippen LogP contribution in [0.2, 0.25) is 0 Å². The number of carbonyl (C=O) groups is 1. The Kier molecular flexibility index (Phi) is 5.10. The van der Waals surface area contributed by atoms with Gasteiger partial charge in [-0.15, -0.1) is 0 Å². The average molecular weight is 239 g/mol. The van der Waals surface area contributed by atoms with Crippen LogP contribution in [0.25, 0.3) is 0 Å². The molecule has 0 heterocycles. The fourth-order valence-corrected chi connectivity index (χ4v) is 1.65. The molecule has 0 aromatic heterocycles. The first-order chi connectivity index (χ1) is 8.04. The van der Waals surface area contributed by atoms with E-state index in [-0.39, 0.29) is 30.3 Å². The van der Waals surface area contributed by atoms with E-state index < -0.39 is 0 Å². The Balaban J connectivity index is 2.79. The summed E-state index contributed by atoms with van der Waals surface area (Å²) in [4.78, 5) is 11.5. The Labute approximate surface area is 101 Å². The molecular formula is C13H18FNO2. The molecule has 0 saturated carbocycles. The molecule has 4 heteroatoms. The van der Waals surface area contributed by atoms with Crippen molar-refractivity contribution in [3.63, 3.8) is 0 Å². The topological polar surface area (TPSA) is 38.3 Å². The molecule has 17 heavy (non-hydrogen) atoms. The zero-order chi connectivity index (χ0) is 12.8. The molecule has 0 aliphatic rings. The maximum Gasteiger partial charge on any atom is 0.246 e. The van der Waals surface area contributed by atoms with Crippen LogP contribution in [-0.2, 0) is 9.53 Å². The summed E-state index contributed by atoms with van der Waals surface area (Å²) >= 11 is 0. The maximum atomic E-state index is 12.8. The van der Waals surface area contributed by atoms with Crippen LogP contribution in [-0.4, -0.2) is 19.6 Å². The smallest absolute Gasteiger partial charge is 0.246 e. The van der Waals surface area contributed by atoms with Crippen molar-refractivity contribution in [1.82, 2.24) is 5.32 Å². The first kappa shape index (κ1) is 13.6. The van der Waals surface area contributed by atoms with E-state index in [1.807, 2.05) is 13.8 Å². The molecule has 1 rings (SSSR count). The lowest BCUT2D eigenvalue weighted by molar-refractivity contribution is -0.125. The van der Waals surface area contributed by atoms with Gasteiger partial charge in [0.25, 0.3) is 0 Å². The third kappa shape index (κ3) is 4.15. The van der Waals surface area contributed by atoms with E-state index in [0.29, 0.717) is 0 Å². The Morgan fingerprint density at radius 2 is 1.94 bits per heavy atom. The number of rotatable bonds is 5. The Morgan fingerprint density at radius 3 is 2.41 bits per heavy atom. The molecule has 1 N–H and O–H groups in total. The van der Waals surface area contributed by atoms with Crippen molar-refractivity contribution in [3.8, 4) is 0 Å². The minimum Gasteiger partial charge on any atom is -0.375 e. The van der Waals surface area contributed by atoms with Gasteiger partial charge in [-0.25, -0.2) is 4.39 Å². The Bertz CT molecular complexity index is 362. The van der Waals surface area contributed by atoms with E-state index in [1.54, 1.807) is 12.1 Å². The molecule has 0 aliphatic heterocycles. The summed E-state index contributed by atoms with van der Waals surface area (Å²) in [6.07, 6.45) is 0. The summed E-state index contributed by atoms with van der Waals surface area (Å²) < 4.78 is 17.6. The fourth-order valence-electron chi connectivity index (χ4n) is 1.65. The highest BCUT2D eigenvalue weighted by molar-refractivity contribution is 5.77. The summed E-state index contributed by atoms with van der Waals surface area (Å²) in [5, 5.41) is 2.87. The SMILES string of the molecule is COCC(=O)NC(c1ccc(F)cc1)C(C)C. The van der Waals surface area contributed by atoms with Crippen molar-refractivity contribution in [2.45, 2.75) is 19.9 Å². The third-order valence-corrected chi connectivity index (χ3v) is 2.49. The molecule has 94 valence electrons. The first-order valence-corrected chi connectivity index (χ1v) is 5.58. The molecular weight excluding hydrogens is 221 g/mol. The van der Waals surface area contributed by atoms with Crippen LogP contribution in [0.1, 0.15) is 25.5 Å². The van der Waals surface area contributed by atoms with Gasteiger partial charge in [-0.1, -0.05) is 26.0 Å². The lowest BCUT2D eigenvalue weighted by atomic mass is 9.96. The number of nitrogens with one attached hydrogen (secondary N) is 1. The number of hydrogen-bond acceptors (Lipinski definition) is 2. The van der Waals surface area contributed by atoms with Crippen molar-refractivity contribution < 1.29 is 13.9 Å². The van der Waals surface area contributed by atoms with Crippen molar-refractivity contribution in [2.24, 2.45) is 5.92 Å². The van der Waals surface area contributed by atoms with Gasteiger partial charge in [-0.05, 0) is 23.6 Å². The van der Waals surface area contributed by atoms with Crippen LogP contribution in [0, 0.1) is 11.7 Å². The monoisotopic (exact) mass is 239 g/mol. The van der Waals surface area contributed by atoms with Gasteiger partial charge < -0.3 is 10.1 Å². The van der Waals surface area contributed by atoms with Crippen molar-refractivity contribution in [3.05, 3.63) is 35.6 Å². The van der Waals surface area contributed by atoms with Crippen molar-refractivity contribution in [2.75, 3.05) is 13.7 Å². The number of hydrogen-bond donors (Lipinski definition) is 1. The Morgan fingerprint density at radius 1 is 1.35 bits per heavy atom. The predicted molar refractivity (Wildman–Crippen MR) is 64.0 cm³/mol. The highest BCUT2D eigenvalue weighted by Crippen LogP contribution is 2.21. The van der Waals surface area contributed by atoms with Crippen LogP contribution in [0.3, 0.4) is 0 Å². The molecule has 0 radical (unpaired) electrons. The van der Waals surface area contributed by atoms with Gasteiger partial charge in [-0.2, -0.15) is 0 Å². The molecule has 1 amide bonds. The summed E-state index contributed by atoms with van der Waals surface area (Å²) in [5.41, 5.74) is 0.894. The standard InChI is InChI=1S/C13H18FNO2/c1-9(2)13(15-12(16)8-17-3)10-4-6-11(14)7-5-10/h4-7,9,13H,8H2,1-3H3,(H,15,16). The van der Waals surface area contributed by atoms with E-state index >= 15 is 0 Å². The highest BCUT2D eigenvalue weighted by atomic mass is 19.1. The molecule has 0 bridgehead atoms. The van der Waals surface area contributed by atoms with Gasteiger partial charge in [0.1, 0.15) is 12.4 Å². The van der Waals surface area contributed by atoms with E-state index in [1.165, 1.54) is 19.2 Å². The van der Waals surface area contributed by atoms with Gasteiger partial charge >= 0.3 is 0 Å². The largest absolute Gasteiger partial charge is 0.375 e. The van der Waals surface area contributed by atoms with Gasteiger partial charge in [0.15, 0.2) is 0 Å². The molecule has 0 saturated heterocycles. The quantitative estimate of drug-likeness (QED) is 0.856. The van der Waals surface area contributed by atoms with Crippen LogP contribution < -0.4 is 5.32 Å². The van der Waals surface area contributed by atoms with Gasteiger partial charge in [0.2, 0.25) is 5.91 Å². The number of ether oxygens (including phenoxy) is 1. The maximum absolute atomic E-state index is 12.8. The lowest BCUT2D eigenvalue weighted by Crippen LogP contribution is -2.34. The number of halogens is 1. The summed E-state index contributed by atoms with van der Waals surface area (Å²) in [6.45, 7) is 4.03. The van der Waals surface area contributed by atoms with E-state index in [2.05, 4.69) is 5.32 Å². The molecule has 0 aliphatic carbocycles. The Hall–Kier alpha value is -1.42. The summed E-state index contributed by atoms with van der Waals surface area (Å²) in [7, 11) is 1.47. The lowest BCUT2D eigenvalue weighted by Gasteiger charge is -2.22. The molecule has 0 spiro atoms. The van der Waals surface area contributed by atoms with Gasteiger partial charge in [-0.3, -0.25) is 4.79 Å². The summed E-state index contributed by atoms with van der Waals surface area (Å²) in [5.74, 6) is -0.226. The van der Waals surface area contributed by atoms with E-state index in [4.69, 9.17) is 4.74 Å². The number of methoxy groups -OCH3 is 1.